The van der Waals surface area contributed by atoms with E-state index in [1.54, 1.807) is 12.1 Å². The molecule has 74 valence electrons. The molecule has 1 N–H and O–H groups in total. The molecule has 0 aliphatic rings. The summed E-state index contributed by atoms with van der Waals surface area (Å²) in [6.07, 6.45) is 1.01. The first-order chi connectivity index (χ1) is 6.72. The van der Waals surface area contributed by atoms with Crippen molar-refractivity contribution in [2.45, 2.75) is 19.9 Å². The maximum atomic E-state index is 9.27. The van der Waals surface area contributed by atoms with Crippen LogP contribution in [-0.2, 0) is 6.54 Å². The van der Waals surface area contributed by atoms with Gasteiger partial charge in [-0.15, -0.1) is 0 Å². The third-order valence-electron chi connectivity index (χ3n) is 2.13. The van der Waals surface area contributed by atoms with E-state index < -0.39 is 0 Å². The van der Waals surface area contributed by atoms with Crippen LogP contribution in [0.3, 0.4) is 0 Å². The molecule has 0 unspecified atom stereocenters. The molecule has 0 bridgehead atoms. The number of halogens is 1. The Morgan fingerprint density at radius 2 is 2.29 bits per heavy atom. The van der Waals surface area contributed by atoms with Crippen LogP contribution < -0.4 is 0 Å². The molecule has 0 aliphatic heterocycles. The van der Waals surface area contributed by atoms with E-state index in [9.17, 15) is 5.11 Å². The lowest BCUT2D eigenvalue weighted by Crippen LogP contribution is -1.95. The zero-order valence-corrected chi connectivity index (χ0v) is 8.62. The van der Waals surface area contributed by atoms with Crippen molar-refractivity contribution in [3.63, 3.8) is 0 Å². The van der Waals surface area contributed by atoms with Gasteiger partial charge in [-0.25, -0.2) is 4.98 Å². The summed E-state index contributed by atoms with van der Waals surface area (Å²) in [5.41, 5.74) is 1.71. The minimum Gasteiger partial charge on any atom is -0.508 e. The summed E-state index contributed by atoms with van der Waals surface area (Å²) in [5, 5.41) is 9.75. The molecule has 2 aromatic rings. The smallest absolute Gasteiger partial charge is 0.203 e. The van der Waals surface area contributed by atoms with Gasteiger partial charge in [-0.2, -0.15) is 0 Å². The van der Waals surface area contributed by atoms with Crippen molar-refractivity contribution in [3.8, 4) is 5.75 Å². The molecule has 0 fully saturated rings. The molecular weight excluding hydrogens is 200 g/mol. The van der Waals surface area contributed by atoms with Crippen molar-refractivity contribution in [2.75, 3.05) is 0 Å². The molecule has 0 amide bonds. The molecule has 14 heavy (non-hydrogen) atoms. The number of nitrogens with zero attached hydrogens (tertiary/aromatic N) is 2. The first-order valence-corrected chi connectivity index (χ1v) is 4.95. The Morgan fingerprint density at radius 1 is 1.50 bits per heavy atom. The molecule has 1 aromatic heterocycles. The molecule has 0 saturated carbocycles. The molecule has 0 spiro atoms. The topological polar surface area (TPSA) is 38.0 Å². The number of hydrogen-bond acceptors (Lipinski definition) is 2. The molecule has 0 atom stereocenters. The van der Waals surface area contributed by atoms with Crippen molar-refractivity contribution < 1.29 is 5.11 Å². The molecule has 0 saturated heterocycles. The van der Waals surface area contributed by atoms with E-state index in [4.69, 9.17) is 11.6 Å². The van der Waals surface area contributed by atoms with Gasteiger partial charge in [-0.3, -0.25) is 0 Å². The Morgan fingerprint density at radius 3 is 3.00 bits per heavy atom. The van der Waals surface area contributed by atoms with Crippen molar-refractivity contribution in [1.29, 1.82) is 0 Å². The highest BCUT2D eigenvalue weighted by Crippen LogP contribution is 2.23. The van der Waals surface area contributed by atoms with Crippen LogP contribution in [-0.4, -0.2) is 14.7 Å². The van der Waals surface area contributed by atoms with E-state index in [1.807, 2.05) is 10.6 Å². The lowest BCUT2D eigenvalue weighted by atomic mass is 10.3. The Hall–Kier alpha value is -1.22. The molecular formula is C10H11ClN2O. The normalized spacial score (nSPS) is 11.0. The Balaban J connectivity index is 2.64. The van der Waals surface area contributed by atoms with Crippen LogP contribution in [0.4, 0.5) is 0 Å². The van der Waals surface area contributed by atoms with Crippen LogP contribution in [0.25, 0.3) is 11.0 Å². The van der Waals surface area contributed by atoms with Crippen LogP contribution in [0, 0.1) is 0 Å². The van der Waals surface area contributed by atoms with Gasteiger partial charge in [-0.05, 0) is 30.2 Å². The molecule has 0 aliphatic carbocycles. The quantitative estimate of drug-likeness (QED) is 0.828. The van der Waals surface area contributed by atoms with Crippen LogP contribution in [0.15, 0.2) is 18.2 Å². The second-order valence-corrected chi connectivity index (χ2v) is 3.54. The third-order valence-corrected chi connectivity index (χ3v) is 2.42. The fraction of sp³-hybridized carbons (Fsp3) is 0.300. The highest BCUT2D eigenvalue weighted by molar-refractivity contribution is 6.29. The van der Waals surface area contributed by atoms with Gasteiger partial charge in [0.2, 0.25) is 5.28 Å². The zero-order valence-electron chi connectivity index (χ0n) is 7.87. The summed E-state index contributed by atoms with van der Waals surface area (Å²) in [6.45, 7) is 2.93. The summed E-state index contributed by atoms with van der Waals surface area (Å²) in [7, 11) is 0. The van der Waals surface area contributed by atoms with Gasteiger partial charge >= 0.3 is 0 Å². The van der Waals surface area contributed by atoms with Crippen LogP contribution >= 0.6 is 11.6 Å². The second kappa shape index (κ2) is 3.50. The Kier molecular flexibility index (Phi) is 2.33. The number of rotatable bonds is 2. The van der Waals surface area contributed by atoms with E-state index >= 15 is 0 Å². The Bertz CT molecular complexity index is 464. The summed E-state index contributed by atoms with van der Waals surface area (Å²) < 4.78 is 1.94. The SMILES string of the molecule is CCCn1c(Cl)nc2cc(O)ccc21. The summed E-state index contributed by atoms with van der Waals surface area (Å²) in [4.78, 5) is 4.16. The lowest BCUT2D eigenvalue weighted by Gasteiger charge is -2.02. The number of phenols is 1. The highest BCUT2D eigenvalue weighted by atomic mass is 35.5. The van der Waals surface area contributed by atoms with Crippen molar-refractivity contribution >= 4 is 22.6 Å². The molecule has 3 nitrogen and oxygen atoms in total. The predicted molar refractivity (Wildman–Crippen MR) is 56.7 cm³/mol. The van der Waals surface area contributed by atoms with E-state index in [1.165, 1.54) is 0 Å². The number of phenolic OH excluding ortho intramolecular Hbond substituents is 1. The van der Waals surface area contributed by atoms with Gasteiger partial charge in [0.25, 0.3) is 0 Å². The first-order valence-electron chi connectivity index (χ1n) is 4.57. The molecule has 1 aromatic carbocycles. The summed E-state index contributed by atoms with van der Waals surface area (Å²) >= 11 is 5.97. The Labute approximate surface area is 86.9 Å². The van der Waals surface area contributed by atoms with Crippen molar-refractivity contribution in [3.05, 3.63) is 23.5 Å². The number of aryl methyl sites for hydroxylation is 1. The number of imidazole rings is 1. The minimum absolute atomic E-state index is 0.218. The van der Waals surface area contributed by atoms with Crippen LogP contribution in [0.1, 0.15) is 13.3 Å². The number of aromatic nitrogens is 2. The summed E-state index contributed by atoms with van der Waals surface area (Å²) in [5.74, 6) is 0.218. The van der Waals surface area contributed by atoms with E-state index in [0.717, 1.165) is 24.0 Å². The van der Waals surface area contributed by atoms with Gasteiger partial charge in [0.1, 0.15) is 5.75 Å². The molecule has 0 radical (unpaired) electrons. The summed E-state index contributed by atoms with van der Waals surface area (Å²) in [6, 6.07) is 5.10. The van der Waals surface area contributed by atoms with Gasteiger partial charge in [0, 0.05) is 12.6 Å². The zero-order chi connectivity index (χ0) is 10.1. The van der Waals surface area contributed by atoms with Gasteiger partial charge in [-0.1, -0.05) is 6.92 Å². The first kappa shape index (κ1) is 9.34. The maximum Gasteiger partial charge on any atom is 0.203 e. The minimum atomic E-state index is 0.218. The number of hydrogen-bond donors (Lipinski definition) is 1. The largest absolute Gasteiger partial charge is 0.508 e. The fourth-order valence-electron chi connectivity index (χ4n) is 1.53. The predicted octanol–water partition coefficient (Wildman–Crippen LogP) is 2.81. The van der Waals surface area contributed by atoms with Gasteiger partial charge < -0.3 is 9.67 Å². The average Bonchev–Trinajstić information content (AvgIpc) is 2.43. The van der Waals surface area contributed by atoms with Gasteiger partial charge in [0.05, 0.1) is 11.0 Å². The van der Waals surface area contributed by atoms with Crippen LogP contribution in [0.2, 0.25) is 5.28 Å². The fourth-order valence-corrected chi connectivity index (χ4v) is 1.79. The lowest BCUT2D eigenvalue weighted by molar-refractivity contribution is 0.476. The highest BCUT2D eigenvalue weighted by Gasteiger charge is 2.07. The second-order valence-electron chi connectivity index (χ2n) is 3.21. The van der Waals surface area contributed by atoms with Gasteiger partial charge in [0.15, 0.2) is 0 Å². The van der Waals surface area contributed by atoms with Crippen molar-refractivity contribution in [2.24, 2.45) is 0 Å². The number of benzene rings is 1. The van der Waals surface area contributed by atoms with Crippen molar-refractivity contribution in [1.82, 2.24) is 9.55 Å². The standard InChI is InChI=1S/C10H11ClN2O/c1-2-5-13-9-4-3-7(14)6-8(9)12-10(13)11/h3-4,6,14H,2,5H2,1H3. The van der Waals surface area contributed by atoms with E-state index in [-0.39, 0.29) is 5.75 Å². The maximum absolute atomic E-state index is 9.27. The number of aromatic hydroxyl groups is 1. The number of fused-ring (bicyclic) bond motifs is 1. The van der Waals surface area contributed by atoms with Crippen LogP contribution in [0.5, 0.6) is 5.75 Å². The monoisotopic (exact) mass is 210 g/mol. The molecule has 2 rings (SSSR count). The molecule has 4 heteroatoms. The third kappa shape index (κ3) is 1.44. The van der Waals surface area contributed by atoms with E-state index in [2.05, 4.69) is 11.9 Å². The van der Waals surface area contributed by atoms with E-state index in [0.29, 0.717) is 5.28 Å². The average molecular weight is 211 g/mol. The molecule has 1 heterocycles.